The molecule has 136 valence electrons. The van der Waals surface area contributed by atoms with Gasteiger partial charge in [0.2, 0.25) is 5.88 Å². The van der Waals surface area contributed by atoms with Crippen molar-refractivity contribution < 1.29 is 4.74 Å². The summed E-state index contributed by atoms with van der Waals surface area (Å²) in [4.78, 5) is 14.1. The zero-order valence-corrected chi connectivity index (χ0v) is 16.6. The molecule has 0 atom stereocenters. The smallest absolute Gasteiger partial charge is 0.248 e. The molecule has 0 radical (unpaired) electrons. The van der Waals surface area contributed by atoms with Crippen molar-refractivity contribution in [3.8, 4) is 11.6 Å². The fourth-order valence-corrected chi connectivity index (χ4v) is 3.82. The number of fused-ring (bicyclic) bond motifs is 1. The summed E-state index contributed by atoms with van der Waals surface area (Å²) in [7, 11) is 0. The topological polar surface area (TPSA) is 86.0 Å². The molecule has 0 aliphatic rings. The number of nitrogens with zero attached hydrogens (tertiary/aromatic N) is 3. The van der Waals surface area contributed by atoms with Crippen molar-refractivity contribution >= 4 is 49.7 Å². The molecule has 3 heterocycles. The van der Waals surface area contributed by atoms with Gasteiger partial charge in [-0.3, -0.25) is 4.98 Å². The second-order valence-corrected chi connectivity index (χ2v) is 7.63. The van der Waals surface area contributed by atoms with Crippen LogP contribution in [-0.2, 0) is 6.42 Å². The summed E-state index contributed by atoms with van der Waals surface area (Å²) in [5, 5.41) is 6.27. The summed E-state index contributed by atoms with van der Waals surface area (Å²) in [6.07, 6.45) is 4.06. The van der Waals surface area contributed by atoms with E-state index in [0.717, 1.165) is 28.3 Å². The Morgan fingerprint density at radius 2 is 2.04 bits per heavy atom. The van der Waals surface area contributed by atoms with Crippen LogP contribution in [0.1, 0.15) is 4.88 Å². The number of halogens is 1. The van der Waals surface area contributed by atoms with E-state index >= 15 is 0 Å². The molecule has 0 spiro atoms. The van der Waals surface area contributed by atoms with E-state index in [1.807, 2.05) is 30.3 Å². The van der Waals surface area contributed by atoms with Gasteiger partial charge in [0.15, 0.2) is 11.6 Å². The molecule has 0 bridgehead atoms. The Bertz CT molecular complexity index is 1070. The van der Waals surface area contributed by atoms with Crippen LogP contribution in [0.25, 0.3) is 10.9 Å². The minimum absolute atomic E-state index is 0.304. The van der Waals surface area contributed by atoms with Gasteiger partial charge in [-0.2, -0.15) is 4.98 Å². The monoisotopic (exact) mass is 441 g/mol. The maximum absolute atomic E-state index is 6.23. The first kappa shape index (κ1) is 17.7. The lowest BCUT2D eigenvalue weighted by atomic mass is 10.2. The lowest BCUT2D eigenvalue weighted by Crippen LogP contribution is -2.09. The first-order valence-electron chi connectivity index (χ1n) is 8.30. The van der Waals surface area contributed by atoms with Crippen molar-refractivity contribution in [1.29, 1.82) is 0 Å². The number of thiophene rings is 1. The molecule has 4 aromatic rings. The van der Waals surface area contributed by atoms with E-state index in [1.165, 1.54) is 11.2 Å². The van der Waals surface area contributed by atoms with Crippen LogP contribution >= 0.6 is 27.3 Å². The molecular weight excluding hydrogens is 426 g/mol. The van der Waals surface area contributed by atoms with Gasteiger partial charge in [-0.05, 0) is 36.1 Å². The summed E-state index contributed by atoms with van der Waals surface area (Å²) < 4.78 is 6.92. The highest BCUT2D eigenvalue weighted by Crippen LogP contribution is 2.35. The van der Waals surface area contributed by atoms with Crippen molar-refractivity contribution in [2.24, 2.45) is 0 Å². The van der Waals surface area contributed by atoms with E-state index in [0.29, 0.717) is 23.1 Å². The largest absolute Gasteiger partial charge is 0.435 e. The molecule has 8 heteroatoms. The maximum atomic E-state index is 6.23. The van der Waals surface area contributed by atoms with Gasteiger partial charge in [-0.1, -0.05) is 28.1 Å². The van der Waals surface area contributed by atoms with Crippen molar-refractivity contribution in [3.63, 3.8) is 0 Å². The summed E-state index contributed by atoms with van der Waals surface area (Å²) in [5.74, 6) is 1.45. The molecule has 4 rings (SSSR count). The number of aromatic nitrogens is 3. The van der Waals surface area contributed by atoms with Crippen molar-refractivity contribution in [3.05, 3.63) is 63.7 Å². The van der Waals surface area contributed by atoms with Gasteiger partial charge < -0.3 is 15.8 Å². The molecule has 0 fully saturated rings. The SMILES string of the molecule is Nc1c(NCCc2cccs2)ncnc1Oc1ccc(Br)c2cccnc12. The highest BCUT2D eigenvalue weighted by atomic mass is 79.9. The molecule has 3 aromatic heterocycles. The minimum atomic E-state index is 0.304. The number of nitrogens with one attached hydrogen (secondary N) is 1. The third-order valence-electron chi connectivity index (χ3n) is 3.98. The average Bonchev–Trinajstić information content (AvgIpc) is 3.20. The fraction of sp³-hybridized carbons (Fsp3) is 0.105. The third kappa shape index (κ3) is 3.86. The van der Waals surface area contributed by atoms with Crippen molar-refractivity contribution in [2.75, 3.05) is 17.6 Å². The van der Waals surface area contributed by atoms with Crippen LogP contribution in [0.4, 0.5) is 11.5 Å². The van der Waals surface area contributed by atoms with Crippen LogP contribution in [0.3, 0.4) is 0 Å². The molecule has 6 nitrogen and oxygen atoms in total. The Hall–Kier alpha value is -2.71. The molecule has 0 aliphatic carbocycles. The molecular formula is C19H16BrN5OS. The Labute approximate surface area is 168 Å². The van der Waals surface area contributed by atoms with Crippen LogP contribution < -0.4 is 15.8 Å². The highest BCUT2D eigenvalue weighted by molar-refractivity contribution is 9.10. The summed E-state index contributed by atoms with van der Waals surface area (Å²) in [6, 6.07) is 11.8. The summed E-state index contributed by atoms with van der Waals surface area (Å²) >= 11 is 5.26. The Morgan fingerprint density at radius 3 is 2.89 bits per heavy atom. The lowest BCUT2D eigenvalue weighted by Gasteiger charge is -2.13. The molecule has 0 saturated heterocycles. The van der Waals surface area contributed by atoms with Gasteiger partial charge in [0, 0.05) is 27.5 Å². The van der Waals surface area contributed by atoms with E-state index in [1.54, 1.807) is 17.5 Å². The van der Waals surface area contributed by atoms with Gasteiger partial charge in [-0.25, -0.2) is 4.98 Å². The Morgan fingerprint density at radius 1 is 1.11 bits per heavy atom. The molecule has 0 aliphatic heterocycles. The fourth-order valence-electron chi connectivity index (χ4n) is 2.66. The number of hydrogen-bond donors (Lipinski definition) is 2. The van der Waals surface area contributed by atoms with E-state index in [9.17, 15) is 0 Å². The number of pyridine rings is 1. The highest BCUT2D eigenvalue weighted by Gasteiger charge is 2.13. The number of anilines is 2. The average molecular weight is 442 g/mol. The number of nitrogen functional groups attached to an aromatic ring is 1. The van der Waals surface area contributed by atoms with Crippen molar-refractivity contribution in [1.82, 2.24) is 15.0 Å². The number of benzene rings is 1. The molecule has 1 aromatic carbocycles. The van der Waals surface area contributed by atoms with Gasteiger partial charge in [0.25, 0.3) is 0 Å². The summed E-state index contributed by atoms with van der Waals surface area (Å²) in [5.41, 5.74) is 7.33. The Balaban J connectivity index is 1.55. The van der Waals surface area contributed by atoms with Gasteiger partial charge in [0.05, 0.1) is 0 Å². The molecule has 0 saturated carbocycles. The number of nitrogens with two attached hydrogens (primary N) is 1. The first-order valence-corrected chi connectivity index (χ1v) is 9.97. The van der Waals surface area contributed by atoms with Gasteiger partial charge in [0.1, 0.15) is 17.5 Å². The predicted molar refractivity (Wildman–Crippen MR) is 112 cm³/mol. The van der Waals surface area contributed by atoms with Crippen LogP contribution in [0.15, 0.2) is 58.8 Å². The molecule has 27 heavy (non-hydrogen) atoms. The second kappa shape index (κ2) is 7.89. The number of ether oxygens (including phenoxy) is 1. The van der Waals surface area contributed by atoms with E-state index in [4.69, 9.17) is 10.5 Å². The third-order valence-corrected chi connectivity index (χ3v) is 5.61. The normalized spacial score (nSPS) is 10.9. The molecule has 0 amide bonds. The van der Waals surface area contributed by atoms with Crippen LogP contribution in [0.5, 0.6) is 11.6 Å². The van der Waals surface area contributed by atoms with E-state index in [-0.39, 0.29) is 0 Å². The standard InChI is InChI=1S/C19H16BrN5OS/c20-14-5-6-15(17-13(14)4-1-8-22-17)26-19-16(21)18(24-11-25-19)23-9-7-12-3-2-10-27-12/h1-6,8,10-11H,7,9,21H2,(H,23,24,25). The minimum Gasteiger partial charge on any atom is -0.435 e. The van der Waals surface area contributed by atoms with Crippen LogP contribution in [0.2, 0.25) is 0 Å². The second-order valence-electron chi connectivity index (χ2n) is 5.74. The predicted octanol–water partition coefficient (Wildman–Crippen LogP) is 4.88. The first-order chi connectivity index (χ1) is 13.2. The molecule has 3 N–H and O–H groups in total. The van der Waals surface area contributed by atoms with Gasteiger partial charge >= 0.3 is 0 Å². The lowest BCUT2D eigenvalue weighted by molar-refractivity contribution is 0.468. The zero-order chi connectivity index (χ0) is 18.6. The Kier molecular flexibility index (Phi) is 5.17. The van der Waals surface area contributed by atoms with E-state index in [2.05, 4.69) is 47.6 Å². The number of rotatable bonds is 6. The van der Waals surface area contributed by atoms with Gasteiger partial charge in [-0.15, -0.1) is 11.3 Å². The maximum Gasteiger partial charge on any atom is 0.248 e. The number of hydrogen-bond acceptors (Lipinski definition) is 7. The van der Waals surface area contributed by atoms with Crippen LogP contribution in [-0.4, -0.2) is 21.5 Å². The molecule has 0 unspecified atom stereocenters. The van der Waals surface area contributed by atoms with E-state index < -0.39 is 0 Å². The quantitative estimate of drug-likeness (QED) is 0.443. The van der Waals surface area contributed by atoms with Crippen LogP contribution in [0, 0.1) is 0 Å². The summed E-state index contributed by atoms with van der Waals surface area (Å²) in [6.45, 7) is 0.726. The van der Waals surface area contributed by atoms with Crippen molar-refractivity contribution in [2.45, 2.75) is 6.42 Å². The zero-order valence-electron chi connectivity index (χ0n) is 14.2.